The third-order valence-electron chi connectivity index (χ3n) is 4.49. The molecule has 124 valence electrons. The molecule has 0 unspecified atom stereocenters. The van der Waals surface area contributed by atoms with Gasteiger partial charge in [-0.05, 0) is 36.0 Å². The van der Waals surface area contributed by atoms with E-state index in [1.165, 1.54) is 5.56 Å². The molecular weight excluding hydrogens is 290 g/mol. The number of benzene rings is 1. The Labute approximate surface area is 137 Å². The number of rotatable bonds is 4. The van der Waals surface area contributed by atoms with Gasteiger partial charge in [0.25, 0.3) is 5.89 Å². The minimum absolute atomic E-state index is 0.136. The highest BCUT2D eigenvalue weighted by Gasteiger charge is 2.35. The van der Waals surface area contributed by atoms with Crippen LogP contribution in [0.1, 0.15) is 63.7 Å². The molecule has 2 N–H and O–H groups in total. The zero-order valence-electron chi connectivity index (χ0n) is 14.1. The van der Waals surface area contributed by atoms with Crippen LogP contribution in [0.5, 0.6) is 5.75 Å². The Morgan fingerprint density at radius 3 is 2.43 bits per heavy atom. The number of nitrogens with zero attached hydrogens (tertiary/aromatic N) is 2. The van der Waals surface area contributed by atoms with E-state index in [4.69, 9.17) is 15.0 Å². The van der Waals surface area contributed by atoms with Crippen LogP contribution in [0.4, 0.5) is 0 Å². The summed E-state index contributed by atoms with van der Waals surface area (Å²) >= 11 is 0. The van der Waals surface area contributed by atoms with Crippen molar-refractivity contribution < 1.29 is 9.26 Å². The highest BCUT2D eigenvalue weighted by Crippen LogP contribution is 2.34. The summed E-state index contributed by atoms with van der Waals surface area (Å²) in [6, 6.07) is 8.11. The van der Waals surface area contributed by atoms with Gasteiger partial charge in [0.2, 0.25) is 0 Å². The van der Waals surface area contributed by atoms with E-state index in [2.05, 4.69) is 43.0 Å². The minimum atomic E-state index is -0.421. The first-order valence-electron chi connectivity index (χ1n) is 8.22. The zero-order valence-corrected chi connectivity index (χ0v) is 14.1. The maximum absolute atomic E-state index is 6.33. The molecule has 0 radical (unpaired) electrons. The summed E-state index contributed by atoms with van der Waals surface area (Å²) in [5, 5.41) is 4.04. The van der Waals surface area contributed by atoms with E-state index >= 15 is 0 Å². The maximum atomic E-state index is 6.33. The Kier molecular flexibility index (Phi) is 4.15. The lowest BCUT2D eigenvalue weighted by Gasteiger charge is -2.19. The lowest BCUT2D eigenvalue weighted by Crippen LogP contribution is -2.34. The SMILES string of the molecule is CC(C)(C)c1ccc(OCc2nc(C3(N)CCCC3)no2)cc1. The van der Waals surface area contributed by atoms with Gasteiger partial charge in [-0.25, -0.2) is 0 Å². The third-order valence-corrected chi connectivity index (χ3v) is 4.49. The van der Waals surface area contributed by atoms with Crippen molar-refractivity contribution in [2.24, 2.45) is 5.73 Å². The van der Waals surface area contributed by atoms with Crippen LogP contribution < -0.4 is 10.5 Å². The van der Waals surface area contributed by atoms with Crippen LogP contribution in [0, 0.1) is 0 Å². The molecule has 1 aromatic heterocycles. The van der Waals surface area contributed by atoms with Gasteiger partial charge in [0.15, 0.2) is 12.4 Å². The van der Waals surface area contributed by atoms with Gasteiger partial charge >= 0.3 is 0 Å². The highest BCUT2D eigenvalue weighted by atomic mass is 16.5. The van der Waals surface area contributed by atoms with Gasteiger partial charge in [-0.1, -0.05) is 50.9 Å². The normalized spacial score (nSPS) is 17.4. The predicted molar refractivity (Wildman–Crippen MR) is 88.1 cm³/mol. The molecule has 5 heteroatoms. The first-order chi connectivity index (χ1) is 10.9. The van der Waals surface area contributed by atoms with E-state index < -0.39 is 5.54 Å². The van der Waals surface area contributed by atoms with Crippen molar-refractivity contribution >= 4 is 0 Å². The molecule has 1 saturated carbocycles. The van der Waals surface area contributed by atoms with Crippen LogP contribution in [-0.2, 0) is 17.6 Å². The summed E-state index contributed by atoms with van der Waals surface area (Å²) < 4.78 is 11.0. The zero-order chi connectivity index (χ0) is 16.5. The molecule has 23 heavy (non-hydrogen) atoms. The van der Waals surface area contributed by atoms with Crippen molar-refractivity contribution in [1.29, 1.82) is 0 Å². The summed E-state index contributed by atoms with van der Waals surface area (Å²) in [6.07, 6.45) is 4.08. The van der Waals surface area contributed by atoms with Crippen LogP contribution in [0.15, 0.2) is 28.8 Å². The van der Waals surface area contributed by atoms with Crippen LogP contribution in [0.2, 0.25) is 0 Å². The standard InChI is InChI=1S/C18H25N3O2/c1-17(2,3)13-6-8-14(9-7-13)22-12-15-20-16(21-23-15)18(19)10-4-5-11-18/h6-9H,4-5,10-12,19H2,1-3H3. The quantitative estimate of drug-likeness (QED) is 0.931. The topological polar surface area (TPSA) is 74.2 Å². The average Bonchev–Trinajstić information content (AvgIpc) is 3.14. The van der Waals surface area contributed by atoms with Crippen LogP contribution in [0.25, 0.3) is 0 Å². The second-order valence-corrected chi connectivity index (χ2v) is 7.44. The van der Waals surface area contributed by atoms with Crippen molar-refractivity contribution in [3.8, 4) is 5.75 Å². The van der Waals surface area contributed by atoms with E-state index in [9.17, 15) is 0 Å². The minimum Gasteiger partial charge on any atom is -0.484 e. The van der Waals surface area contributed by atoms with Gasteiger partial charge in [-0.2, -0.15) is 4.98 Å². The fourth-order valence-electron chi connectivity index (χ4n) is 2.94. The van der Waals surface area contributed by atoms with Crippen molar-refractivity contribution in [1.82, 2.24) is 10.1 Å². The van der Waals surface area contributed by atoms with E-state index in [-0.39, 0.29) is 12.0 Å². The Hall–Kier alpha value is -1.88. The molecule has 0 amide bonds. The van der Waals surface area contributed by atoms with Crippen molar-refractivity contribution in [2.45, 2.75) is 64.0 Å². The molecule has 1 aliphatic carbocycles. The van der Waals surface area contributed by atoms with Gasteiger partial charge in [-0.15, -0.1) is 0 Å². The molecule has 3 rings (SSSR count). The van der Waals surface area contributed by atoms with E-state index in [1.54, 1.807) is 0 Å². The molecule has 1 heterocycles. The fraction of sp³-hybridized carbons (Fsp3) is 0.556. The fourth-order valence-corrected chi connectivity index (χ4v) is 2.94. The molecule has 5 nitrogen and oxygen atoms in total. The maximum Gasteiger partial charge on any atom is 0.264 e. The number of hydrogen-bond donors (Lipinski definition) is 1. The molecule has 0 bridgehead atoms. The van der Waals surface area contributed by atoms with Crippen molar-refractivity contribution in [3.63, 3.8) is 0 Å². The van der Waals surface area contributed by atoms with E-state index in [0.717, 1.165) is 31.4 Å². The second-order valence-electron chi connectivity index (χ2n) is 7.44. The molecule has 0 spiro atoms. The Morgan fingerprint density at radius 1 is 1.17 bits per heavy atom. The summed E-state index contributed by atoms with van der Waals surface area (Å²) in [6.45, 7) is 6.83. The Morgan fingerprint density at radius 2 is 1.83 bits per heavy atom. The summed E-state index contributed by atoms with van der Waals surface area (Å²) in [5.74, 6) is 1.87. The van der Waals surface area contributed by atoms with Crippen molar-refractivity contribution in [3.05, 3.63) is 41.5 Å². The van der Waals surface area contributed by atoms with Gasteiger partial charge in [0.05, 0.1) is 5.54 Å². The molecule has 0 aliphatic heterocycles. The lowest BCUT2D eigenvalue weighted by atomic mass is 9.87. The largest absolute Gasteiger partial charge is 0.484 e. The lowest BCUT2D eigenvalue weighted by molar-refractivity contribution is 0.241. The second kappa shape index (κ2) is 5.96. The van der Waals surface area contributed by atoms with Gasteiger partial charge in [-0.3, -0.25) is 0 Å². The summed E-state index contributed by atoms with van der Waals surface area (Å²) in [7, 11) is 0. The molecule has 2 aromatic rings. The monoisotopic (exact) mass is 315 g/mol. The number of ether oxygens (including phenoxy) is 1. The van der Waals surface area contributed by atoms with Gasteiger partial charge < -0.3 is 15.0 Å². The number of aromatic nitrogens is 2. The third kappa shape index (κ3) is 3.55. The van der Waals surface area contributed by atoms with E-state index in [0.29, 0.717) is 11.7 Å². The highest BCUT2D eigenvalue weighted by molar-refractivity contribution is 5.31. The molecule has 0 atom stereocenters. The van der Waals surface area contributed by atoms with Crippen LogP contribution >= 0.6 is 0 Å². The van der Waals surface area contributed by atoms with Gasteiger partial charge in [0.1, 0.15) is 5.75 Å². The van der Waals surface area contributed by atoms with Crippen LogP contribution in [0.3, 0.4) is 0 Å². The Bertz CT molecular complexity index is 650. The summed E-state index contributed by atoms with van der Waals surface area (Å²) in [4.78, 5) is 4.41. The smallest absolute Gasteiger partial charge is 0.264 e. The number of hydrogen-bond acceptors (Lipinski definition) is 5. The van der Waals surface area contributed by atoms with Crippen molar-refractivity contribution in [2.75, 3.05) is 0 Å². The molecule has 1 aromatic carbocycles. The molecule has 0 saturated heterocycles. The molecular formula is C18H25N3O2. The molecule has 1 fully saturated rings. The van der Waals surface area contributed by atoms with E-state index in [1.807, 2.05) is 12.1 Å². The van der Waals surface area contributed by atoms with Gasteiger partial charge in [0, 0.05) is 0 Å². The predicted octanol–water partition coefficient (Wildman–Crippen LogP) is 3.67. The van der Waals surface area contributed by atoms with Crippen LogP contribution in [-0.4, -0.2) is 10.1 Å². The number of nitrogens with two attached hydrogens (primary N) is 1. The first-order valence-corrected chi connectivity index (χ1v) is 8.22. The Balaban J connectivity index is 1.61. The molecule has 1 aliphatic rings. The summed E-state index contributed by atoms with van der Waals surface area (Å²) in [5.41, 5.74) is 7.32. The average molecular weight is 315 g/mol. The first kappa shape index (κ1) is 16.0.